The second-order valence-electron chi connectivity index (χ2n) is 9.12. The van der Waals surface area contributed by atoms with E-state index in [2.05, 4.69) is 5.32 Å². The monoisotopic (exact) mass is 410 g/mol. The molecule has 4 aliphatic rings. The van der Waals surface area contributed by atoms with Crippen molar-refractivity contribution in [1.29, 1.82) is 0 Å². The average molecular weight is 411 g/mol. The Morgan fingerprint density at radius 1 is 1.32 bits per heavy atom. The first-order valence-electron chi connectivity index (χ1n) is 9.45. The van der Waals surface area contributed by atoms with Gasteiger partial charge in [-0.25, -0.2) is 9.18 Å². The van der Waals surface area contributed by atoms with Gasteiger partial charge in [-0.1, -0.05) is 11.6 Å². The third kappa shape index (κ3) is 3.30. The number of benzene rings is 1. The predicted octanol–water partition coefficient (Wildman–Crippen LogP) is 3.66. The zero-order chi connectivity index (χ0) is 20.3. The maximum absolute atomic E-state index is 13.3. The summed E-state index contributed by atoms with van der Waals surface area (Å²) in [7, 11) is 0. The molecule has 1 aliphatic heterocycles. The highest BCUT2D eigenvalue weighted by atomic mass is 35.5. The van der Waals surface area contributed by atoms with Crippen LogP contribution in [0, 0.1) is 5.82 Å². The molecule has 3 saturated carbocycles. The lowest BCUT2D eigenvalue weighted by Gasteiger charge is -2.72. The molecule has 1 saturated heterocycles. The van der Waals surface area contributed by atoms with Gasteiger partial charge in [0.2, 0.25) is 0 Å². The number of hydrogen-bond donors (Lipinski definition) is 1. The zero-order valence-corrected chi connectivity index (χ0v) is 16.9. The standard InChI is InChI=1S/C20H24ClFN2O4/c1-18(2,3)28-17(26)23-19-9-20(10-19,11-19)24-7-6-15(16(24)25)27-12-4-5-14(22)13(21)8-12/h4-5,8,15H,6-7,9-11H2,1-3H3,(H,23,26). The molecule has 6 nitrogen and oxygen atoms in total. The third-order valence-corrected chi connectivity index (χ3v) is 5.96. The number of carbonyl (C=O) groups excluding carboxylic acids is 2. The highest BCUT2D eigenvalue weighted by Crippen LogP contribution is 2.64. The molecule has 1 atom stereocenters. The van der Waals surface area contributed by atoms with Gasteiger partial charge in [0.1, 0.15) is 17.2 Å². The minimum absolute atomic E-state index is 0.0330. The largest absolute Gasteiger partial charge is 0.480 e. The summed E-state index contributed by atoms with van der Waals surface area (Å²) in [6, 6.07) is 4.08. The Hall–Kier alpha value is -2.02. The van der Waals surface area contributed by atoms with E-state index in [-0.39, 0.29) is 22.0 Å². The maximum atomic E-state index is 13.3. The van der Waals surface area contributed by atoms with Crippen LogP contribution < -0.4 is 10.1 Å². The van der Waals surface area contributed by atoms with Crippen LogP contribution in [0.25, 0.3) is 0 Å². The Morgan fingerprint density at radius 3 is 2.61 bits per heavy atom. The summed E-state index contributed by atoms with van der Waals surface area (Å²) in [5, 5.41) is 2.93. The van der Waals surface area contributed by atoms with Crippen molar-refractivity contribution in [3.05, 3.63) is 29.0 Å². The number of nitrogens with one attached hydrogen (secondary N) is 1. The lowest BCUT2D eigenvalue weighted by molar-refractivity contribution is -0.184. The molecule has 28 heavy (non-hydrogen) atoms. The van der Waals surface area contributed by atoms with Crippen LogP contribution in [-0.2, 0) is 9.53 Å². The van der Waals surface area contributed by atoms with Crippen LogP contribution >= 0.6 is 11.6 Å². The van der Waals surface area contributed by atoms with Crippen LogP contribution in [0.1, 0.15) is 46.5 Å². The predicted molar refractivity (Wildman–Crippen MR) is 101 cm³/mol. The van der Waals surface area contributed by atoms with E-state index in [1.54, 1.807) is 0 Å². The Bertz CT molecular complexity index is 818. The van der Waals surface area contributed by atoms with Gasteiger partial charge in [0, 0.05) is 24.6 Å². The van der Waals surface area contributed by atoms with Crippen molar-refractivity contribution in [2.75, 3.05) is 6.54 Å². The number of likely N-dealkylation sites (tertiary alicyclic amines) is 1. The van der Waals surface area contributed by atoms with Crippen molar-refractivity contribution in [3.63, 3.8) is 0 Å². The number of amides is 2. The number of nitrogens with zero attached hydrogens (tertiary/aromatic N) is 1. The van der Waals surface area contributed by atoms with Crippen LogP contribution in [0.3, 0.4) is 0 Å². The molecule has 2 bridgehead atoms. The Morgan fingerprint density at radius 2 is 2.00 bits per heavy atom. The number of alkyl carbamates (subject to hydrolysis) is 1. The van der Waals surface area contributed by atoms with Gasteiger partial charge in [0.25, 0.3) is 5.91 Å². The van der Waals surface area contributed by atoms with E-state index >= 15 is 0 Å². The fourth-order valence-corrected chi connectivity index (χ4v) is 4.79. The zero-order valence-electron chi connectivity index (χ0n) is 16.2. The minimum Gasteiger partial charge on any atom is -0.480 e. The fourth-order valence-electron chi connectivity index (χ4n) is 4.62. The molecule has 4 fully saturated rings. The molecule has 0 radical (unpaired) electrons. The molecule has 0 spiro atoms. The van der Waals surface area contributed by atoms with Crippen molar-refractivity contribution < 1.29 is 23.5 Å². The van der Waals surface area contributed by atoms with E-state index < -0.39 is 23.6 Å². The molecule has 5 rings (SSSR count). The molecule has 0 aromatic heterocycles. The molecule has 1 N–H and O–H groups in total. The summed E-state index contributed by atoms with van der Waals surface area (Å²) in [4.78, 5) is 26.7. The van der Waals surface area contributed by atoms with Gasteiger partial charge in [-0.15, -0.1) is 0 Å². The first kappa shape index (κ1) is 19.3. The minimum atomic E-state index is -0.592. The smallest absolute Gasteiger partial charge is 0.408 e. The molecule has 1 aromatic carbocycles. The topological polar surface area (TPSA) is 67.9 Å². The lowest BCUT2D eigenvalue weighted by Crippen LogP contribution is -2.84. The number of halogens is 2. The highest BCUT2D eigenvalue weighted by molar-refractivity contribution is 6.30. The van der Waals surface area contributed by atoms with Gasteiger partial charge in [-0.3, -0.25) is 4.79 Å². The average Bonchev–Trinajstić information content (AvgIpc) is 2.85. The van der Waals surface area contributed by atoms with Crippen LogP contribution in [0.2, 0.25) is 5.02 Å². The fraction of sp³-hybridized carbons (Fsp3) is 0.600. The van der Waals surface area contributed by atoms with Crippen molar-refractivity contribution in [2.24, 2.45) is 0 Å². The van der Waals surface area contributed by atoms with Crippen LogP contribution in [-0.4, -0.2) is 46.2 Å². The van der Waals surface area contributed by atoms with Gasteiger partial charge >= 0.3 is 6.09 Å². The Kier molecular flexibility index (Phi) is 4.30. The van der Waals surface area contributed by atoms with E-state index in [0.29, 0.717) is 18.7 Å². The van der Waals surface area contributed by atoms with Crippen molar-refractivity contribution in [2.45, 2.75) is 69.2 Å². The van der Waals surface area contributed by atoms with Crippen LogP contribution in [0.5, 0.6) is 5.75 Å². The molecular weight excluding hydrogens is 387 g/mol. The summed E-state index contributed by atoms with van der Waals surface area (Å²) in [6.45, 7) is 6.09. The molecule has 3 aliphatic carbocycles. The number of hydrogen-bond acceptors (Lipinski definition) is 4. The van der Waals surface area contributed by atoms with E-state index in [1.165, 1.54) is 18.2 Å². The van der Waals surface area contributed by atoms with E-state index in [0.717, 1.165) is 19.3 Å². The number of ether oxygens (including phenoxy) is 2. The van der Waals surface area contributed by atoms with E-state index in [9.17, 15) is 14.0 Å². The highest BCUT2D eigenvalue weighted by Gasteiger charge is 2.73. The van der Waals surface area contributed by atoms with Crippen molar-refractivity contribution in [3.8, 4) is 5.75 Å². The van der Waals surface area contributed by atoms with Crippen LogP contribution in [0.15, 0.2) is 18.2 Å². The van der Waals surface area contributed by atoms with Crippen molar-refractivity contribution in [1.82, 2.24) is 10.2 Å². The van der Waals surface area contributed by atoms with Gasteiger partial charge in [-0.2, -0.15) is 0 Å². The number of rotatable bonds is 4. The maximum Gasteiger partial charge on any atom is 0.408 e. The molecule has 2 amide bonds. The Labute approximate surface area is 168 Å². The third-order valence-electron chi connectivity index (χ3n) is 5.67. The van der Waals surface area contributed by atoms with Gasteiger partial charge in [0.05, 0.1) is 10.6 Å². The second-order valence-corrected chi connectivity index (χ2v) is 9.53. The Balaban J connectivity index is 1.32. The first-order valence-corrected chi connectivity index (χ1v) is 9.83. The second kappa shape index (κ2) is 6.24. The SMILES string of the molecule is CC(C)(C)OC(=O)NC12CC(N3CCC(Oc4ccc(F)c(Cl)c4)C3=O)(C1)C2. The summed E-state index contributed by atoms with van der Waals surface area (Å²) in [5.41, 5.74) is -0.985. The molecular formula is C20H24ClFN2O4. The molecule has 1 aromatic rings. The molecule has 1 unspecified atom stereocenters. The molecule has 8 heteroatoms. The van der Waals surface area contributed by atoms with E-state index in [4.69, 9.17) is 21.1 Å². The normalized spacial score (nSPS) is 31.1. The van der Waals surface area contributed by atoms with Gasteiger partial charge in [-0.05, 0) is 52.2 Å². The van der Waals surface area contributed by atoms with Crippen molar-refractivity contribution >= 4 is 23.6 Å². The summed E-state index contributed by atoms with van der Waals surface area (Å²) in [6.07, 6.45) is 1.77. The van der Waals surface area contributed by atoms with Gasteiger partial charge < -0.3 is 19.7 Å². The summed E-state index contributed by atoms with van der Waals surface area (Å²) in [5.74, 6) is -0.205. The quantitative estimate of drug-likeness (QED) is 0.822. The molecule has 1 heterocycles. The summed E-state index contributed by atoms with van der Waals surface area (Å²) >= 11 is 5.78. The number of carbonyl (C=O) groups is 2. The van der Waals surface area contributed by atoms with E-state index in [1.807, 2.05) is 25.7 Å². The first-order chi connectivity index (χ1) is 13.0. The van der Waals surface area contributed by atoms with Crippen LogP contribution in [0.4, 0.5) is 9.18 Å². The summed E-state index contributed by atoms with van der Waals surface area (Å²) < 4.78 is 24.4. The lowest BCUT2D eigenvalue weighted by atomic mass is 9.43. The molecule has 152 valence electrons. The van der Waals surface area contributed by atoms with Gasteiger partial charge in [0.15, 0.2) is 6.10 Å².